The molecule has 0 bridgehead atoms. The van der Waals surface area contributed by atoms with Crippen LogP contribution >= 0.6 is 11.6 Å². The summed E-state index contributed by atoms with van der Waals surface area (Å²) in [6, 6.07) is 14.1. The molecule has 3 N–H and O–H groups in total. The van der Waals surface area contributed by atoms with Crippen molar-refractivity contribution >= 4 is 45.9 Å². The number of halogens is 1. The van der Waals surface area contributed by atoms with Gasteiger partial charge < -0.3 is 29.6 Å². The molecule has 40 heavy (non-hydrogen) atoms. The molecule has 2 aromatic carbocycles. The van der Waals surface area contributed by atoms with E-state index < -0.39 is 24.3 Å². The van der Waals surface area contributed by atoms with Gasteiger partial charge in [-0.25, -0.2) is 9.47 Å². The molecule has 1 amide bonds. The van der Waals surface area contributed by atoms with Crippen molar-refractivity contribution in [3.05, 3.63) is 60.1 Å². The number of nitrogens with one attached hydrogen (secondary N) is 1. The first kappa shape index (κ1) is 27.8. The van der Waals surface area contributed by atoms with Crippen molar-refractivity contribution < 1.29 is 24.5 Å². The van der Waals surface area contributed by atoms with Crippen LogP contribution in [0.2, 0.25) is 5.28 Å². The minimum Gasteiger partial charge on any atom is -0.497 e. The lowest BCUT2D eigenvalue weighted by Gasteiger charge is -2.32. The summed E-state index contributed by atoms with van der Waals surface area (Å²) in [6.45, 7) is 1.73. The number of methoxy groups -OCH3 is 2. The summed E-state index contributed by atoms with van der Waals surface area (Å²) < 4.78 is 12.5. The Balaban J connectivity index is 1.66. The highest BCUT2D eigenvalue weighted by atomic mass is 35.5. The number of aliphatic hydroxyl groups is 2. The molecule has 2 heterocycles. The first-order valence-corrected chi connectivity index (χ1v) is 13.3. The maximum Gasteiger partial charge on any atom is 0.270 e. The number of aliphatic hydroxyl groups excluding tert-OH is 2. The first-order chi connectivity index (χ1) is 19.2. The van der Waals surface area contributed by atoms with Gasteiger partial charge in [-0.05, 0) is 42.3 Å². The topological polar surface area (TPSA) is 132 Å². The van der Waals surface area contributed by atoms with Gasteiger partial charge in [0, 0.05) is 30.7 Å². The number of hydrogen-bond donors (Lipinski definition) is 3. The highest BCUT2D eigenvalue weighted by molar-refractivity contribution is 6.28. The van der Waals surface area contributed by atoms with Crippen LogP contribution in [0, 0.1) is 0 Å². The van der Waals surface area contributed by atoms with E-state index in [0.29, 0.717) is 34.9 Å². The number of quaternary nitrogens is 1. The van der Waals surface area contributed by atoms with Crippen molar-refractivity contribution in [3.63, 3.8) is 0 Å². The van der Waals surface area contributed by atoms with E-state index in [1.165, 1.54) is 0 Å². The number of rotatable bonds is 8. The SMILES string of the molecule is CCC(=O)N[C@H]1CC(n2cnc3c([N+](C)(c4ccc(OC)cc4)c4ccc(OC)cc4)nc(Cl)nc32)C(O)C1O. The van der Waals surface area contributed by atoms with Crippen molar-refractivity contribution in [2.75, 3.05) is 21.3 Å². The number of benzene rings is 2. The summed E-state index contributed by atoms with van der Waals surface area (Å²) in [5.74, 6) is 1.72. The standard InChI is InChI=1S/C28H31ClN6O5/c1-5-22(36)31-20-14-21(25(38)24(20)37)34-15-30-23-26(34)32-28(29)33-27(23)35(2,16-6-10-18(39-3)11-7-16)17-8-12-19(40-4)13-9-17/h6-13,15,20-21,24-25,37-38H,5,14H2,1-4H3/p+1/t20-,21?,24?,25?/m0/s1. The molecule has 0 radical (unpaired) electrons. The number of hydrogen-bond acceptors (Lipinski definition) is 8. The maximum atomic E-state index is 12.0. The molecule has 1 aliphatic rings. The number of aromatic nitrogens is 4. The summed E-state index contributed by atoms with van der Waals surface area (Å²) in [7, 11) is 5.20. The summed E-state index contributed by atoms with van der Waals surface area (Å²) in [4.78, 5) is 25.8. The van der Waals surface area contributed by atoms with E-state index in [4.69, 9.17) is 21.1 Å². The van der Waals surface area contributed by atoms with Gasteiger partial charge in [0.25, 0.3) is 5.82 Å². The molecule has 0 aliphatic heterocycles. The van der Waals surface area contributed by atoms with E-state index in [2.05, 4.69) is 20.3 Å². The molecule has 1 fully saturated rings. The average Bonchev–Trinajstić information content (AvgIpc) is 3.52. The Kier molecular flexibility index (Phi) is 7.65. The molecule has 0 spiro atoms. The van der Waals surface area contributed by atoms with E-state index in [9.17, 15) is 15.0 Å². The van der Waals surface area contributed by atoms with Crippen LogP contribution in [0.1, 0.15) is 25.8 Å². The number of carbonyl (C=O) groups is 1. The van der Waals surface area contributed by atoms with Crippen LogP contribution in [0.4, 0.5) is 17.2 Å². The zero-order valence-electron chi connectivity index (χ0n) is 22.7. The molecule has 12 heteroatoms. The number of carbonyl (C=O) groups excluding carboxylic acids is 1. The summed E-state index contributed by atoms with van der Waals surface area (Å²) in [6.07, 6.45) is -0.164. The van der Waals surface area contributed by atoms with E-state index in [-0.39, 0.29) is 22.1 Å². The third-order valence-electron chi connectivity index (χ3n) is 7.65. The highest BCUT2D eigenvalue weighted by Crippen LogP contribution is 2.45. The Bertz CT molecular complexity index is 1460. The Morgan fingerprint density at radius 1 is 1.02 bits per heavy atom. The van der Waals surface area contributed by atoms with Crippen LogP contribution in [-0.2, 0) is 4.79 Å². The van der Waals surface area contributed by atoms with E-state index in [1.807, 2.05) is 55.6 Å². The van der Waals surface area contributed by atoms with Crippen LogP contribution < -0.4 is 19.3 Å². The number of ether oxygens (including phenoxy) is 2. The van der Waals surface area contributed by atoms with Gasteiger partial charge in [0.1, 0.15) is 35.1 Å². The minimum atomic E-state index is -1.15. The van der Waals surface area contributed by atoms with Crippen molar-refractivity contribution in [1.82, 2.24) is 29.3 Å². The van der Waals surface area contributed by atoms with Gasteiger partial charge in [0.15, 0.2) is 11.2 Å². The molecule has 0 saturated heterocycles. The van der Waals surface area contributed by atoms with E-state index >= 15 is 0 Å². The average molecular weight is 568 g/mol. The predicted octanol–water partition coefficient (Wildman–Crippen LogP) is 3.66. The van der Waals surface area contributed by atoms with Gasteiger partial charge >= 0.3 is 0 Å². The molecule has 1 saturated carbocycles. The third-order valence-corrected chi connectivity index (χ3v) is 7.82. The Morgan fingerprint density at radius 2 is 1.60 bits per heavy atom. The lowest BCUT2D eigenvalue weighted by molar-refractivity contribution is -0.122. The molecule has 4 aromatic rings. The lowest BCUT2D eigenvalue weighted by Crippen LogP contribution is -2.42. The smallest absolute Gasteiger partial charge is 0.270 e. The fraction of sp³-hybridized carbons (Fsp3) is 0.357. The lowest BCUT2D eigenvalue weighted by atomic mass is 10.1. The van der Waals surface area contributed by atoms with Crippen LogP contribution in [-0.4, -0.2) is 75.2 Å². The third kappa shape index (κ3) is 4.75. The Morgan fingerprint density at radius 3 is 2.12 bits per heavy atom. The Labute approximate surface area is 236 Å². The zero-order valence-corrected chi connectivity index (χ0v) is 23.4. The Hall–Kier alpha value is -3.77. The molecular weight excluding hydrogens is 536 g/mol. The van der Waals surface area contributed by atoms with Crippen molar-refractivity contribution in [2.24, 2.45) is 0 Å². The molecule has 3 unspecified atom stereocenters. The van der Waals surface area contributed by atoms with Crippen molar-refractivity contribution in [1.29, 1.82) is 0 Å². The number of nitrogens with zero attached hydrogens (tertiary/aromatic N) is 5. The summed E-state index contributed by atoms with van der Waals surface area (Å²) in [5, 5.41) is 24.4. The van der Waals surface area contributed by atoms with Crippen LogP contribution in [0.5, 0.6) is 11.5 Å². The molecule has 210 valence electrons. The number of amides is 1. The van der Waals surface area contributed by atoms with Crippen molar-refractivity contribution in [3.8, 4) is 11.5 Å². The van der Waals surface area contributed by atoms with Gasteiger partial charge in [-0.15, -0.1) is 0 Å². The van der Waals surface area contributed by atoms with Crippen LogP contribution in [0.25, 0.3) is 11.2 Å². The number of imidazole rings is 1. The van der Waals surface area contributed by atoms with Gasteiger partial charge in [-0.1, -0.05) is 6.92 Å². The summed E-state index contributed by atoms with van der Waals surface area (Å²) in [5.41, 5.74) is 2.59. The first-order valence-electron chi connectivity index (χ1n) is 12.9. The second-order valence-electron chi connectivity index (χ2n) is 9.85. The zero-order chi connectivity index (χ0) is 28.6. The number of fused-ring (bicyclic) bond motifs is 1. The van der Waals surface area contributed by atoms with Gasteiger partial charge in [-0.2, -0.15) is 9.97 Å². The fourth-order valence-electron chi connectivity index (χ4n) is 5.32. The predicted molar refractivity (Wildman–Crippen MR) is 151 cm³/mol. The van der Waals surface area contributed by atoms with Crippen molar-refractivity contribution in [2.45, 2.75) is 44.1 Å². The molecular formula is C28H32ClN6O5+. The maximum absolute atomic E-state index is 12.0. The quantitative estimate of drug-likeness (QED) is 0.217. The second kappa shape index (κ2) is 11.0. The second-order valence-corrected chi connectivity index (χ2v) is 10.2. The normalized spacial score (nSPS) is 21.0. The van der Waals surface area contributed by atoms with Gasteiger partial charge in [-0.3, -0.25) is 4.79 Å². The molecule has 4 atom stereocenters. The minimum absolute atomic E-state index is 0.000468. The van der Waals surface area contributed by atoms with E-state index in [0.717, 1.165) is 11.4 Å². The molecule has 5 rings (SSSR count). The van der Waals surface area contributed by atoms with Gasteiger partial charge in [0.05, 0.1) is 39.7 Å². The van der Waals surface area contributed by atoms with Gasteiger partial charge in [0.2, 0.25) is 11.2 Å². The van der Waals surface area contributed by atoms with E-state index in [1.54, 1.807) is 32.0 Å². The van der Waals surface area contributed by atoms with Crippen LogP contribution in [0.15, 0.2) is 54.9 Å². The largest absolute Gasteiger partial charge is 0.497 e. The molecule has 2 aromatic heterocycles. The summed E-state index contributed by atoms with van der Waals surface area (Å²) >= 11 is 6.53. The molecule has 11 nitrogen and oxygen atoms in total. The van der Waals surface area contributed by atoms with Crippen LogP contribution in [0.3, 0.4) is 0 Å². The monoisotopic (exact) mass is 567 g/mol. The fourth-order valence-corrected chi connectivity index (χ4v) is 5.48. The molecule has 1 aliphatic carbocycles. The highest BCUT2D eigenvalue weighted by Gasteiger charge is 2.44.